The molecular formula is C13H21N3O5. The third-order valence-corrected chi connectivity index (χ3v) is 3.26. The van der Waals surface area contributed by atoms with Crippen molar-refractivity contribution in [3.8, 4) is 0 Å². The molecule has 1 saturated heterocycles. The molecule has 0 aromatic heterocycles. The zero-order chi connectivity index (χ0) is 16.2. The first kappa shape index (κ1) is 16.9. The number of hydrogen-bond acceptors (Lipinski definition) is 4. The number of carboxylic acid groups (broad SMARTS) is 1. The lowest BCUT2D eigenvalue weighted by atomic mass is 9.85. The average Bonchev–Trinajstić information content (AvgIpc) is 2.29. The summed E-state index contributed by atoms with van der Waals surface area (Å²) in [5.74, 6) is -1.73. The minimum Gasteiger partial charge on any atom is -0.481 e. The molecule has 1 heterocycles. The molecule has 1 fully saturated rings. The Morgan fingerprint density at radius 3 is 2.38 bits per heavy atom. The van der Waals surface area contributed by atoms with Gasteiger partial charge in [0.15, 0.2) is 0 Å². The summed E-state index contributed by atoms with van der Waals surface area (Å²) in [4.78, 5) is 48.6. The van der Waals surface area contributed by atoms with Crippen LogP contribution in [0.5, 0.6) is 0 Å². The van der Waals surface area contributed by atoms with E-state index in [2.05, 4.69) is 5.32 Å². The highest BCUT2D eigenvalue weighted by atomic mass is 16.4. The summed E-state index contributed by atoms with van der Waals surface area (Å²) in [6.45, 7) is 4.01. The van der Waals surface area contributed by atoms with E-state index in [1.165, 1.54) is 9.80 Å². The first-order valence-electron chi connectivity index (χ1n) is 6.65. The maximum atomic E-state index is 11.9. The van der Waals surface area contributed by atoms with Crippen LogP contribution in [-0.2, 0) is 14.4 Å². The van der Waals surface area contributed by atoms with Crippen LogP contribution < -0.4 is 5.32 Å². The molecule has 2 N–H and O–H groups in total. The van der Waals surface area contributed by atoms with Gasteiger partial charge in [-0.25, -0.2) is 4.79 Å². The van der Waals surface area contributed by atoms with Crippen LogP contribution in [0.2, 0.25) is 0 Å². The fourth-order valence-electron chi connectivity index (χ4n) is 2.08. The van der Waals surface area contributed by atoms with Crippen LogP contribution >= 0.6 is 0 Å². The number of nitrogens with zero attached hydrogens (tertiary/aromatic N) is 2. The van der Waals surface area contributed by atoms with Gasteiger partial charge >= 0.3 is 12.0 Å². The van der Waals surface area contributed by atoms with E-state index < -0.39 is 23.3 Å². The van der Waals surface area contributed by atoms with Gasteiger partial charge in [-0.15, -0.1) is 0 Å². The van der Waals surface area contributed by atoms with Crippen molar-refractivity contribution in [2.24, 2.45) is 5.41 Å². The highest BCUT2D eigenvalue weighted by Crippen LogP contribution is 2.24. The number of amides is 4. The van der Waals surface area contributed by atoms with Crippen molar-refractivity contribution >= 4 is 23.8 Å². The molecule has 0 aliphatic carbocycles. The van der Waals surface area contributed by atoms with Crippen molar-refractivity contribution in [2.75, 3.05) is 26.7 Å². The molecule has 0 radical (unpaired) electrons. The number of hydrogen-bond donors (Lipinski definition) is 2. The molecule has 118 valence electrons. The first-order valence-corrected chi connectivity index (χ1v) is 6.65. The zero-order valence-corrected chi connectivity index (χ0v) is 12.5. The Bertz CT molecular complexity index is 461. The molecule has 0 spiro atoms. The molecule has 8 heteroatoms. The normalized spacial score (nSPS) is 15.9. The van der Waals surface area contributed by atoms with Gasteiger partial charge in [-0.3, -0.25) is 19.7 Å². The topological polar surface area (TPSA) is 107 Å². The summed E-state index contributed by atoms with van der Waals surface area (Å²) < 4.78 is 0. The molecule has 8 nitrogen and oxygen atoms in total. The number of rotatable bonds is 4. The van der Waals surface area contributed by atoms with Gasteiger partial charge in [-0.05, 0) is 5.41 Å². The summed E-state index contributed by atoms with van der Waals surface area (Å²) in [5, 5.41) is 11.0. The molecule has 0 aromatic carbocycles. The van der Waals surface area contributed by atoms with E-state index in [1.54, 1.807) is 20.9 Å². The lowest BCUT2D eigenvalue weighted by Crippen LogP contribution is -2.54. The number of carbonyl (C=O) groups is 4. The van der Waals surface area contributed by atoms with Crippen molar-refractivity contribution in [2.45, 2.75) is 26.7 Å². The lowest BCUT2D eigenvalue weighted by Gasteiger charge is -2.32. The lowest BCUT2D eigenvalue weighted by molar-refractivity contribution is -0.140. The SMILES string of the molecule is CN1CCN(C(=O)NC(=O)CC(C)(C)CC(=O)O)CC1=O. The van der Waals surface area contributed by atoms with E-state index in [0.29, 0.717) is 13.1 Å². The summed E-state index contributed by atoms with van der Waals surface area (Å²) >= 11 is 0. The van der Waals surface area contributed by atoms with Gasteiger partial charge in [-0.2, -0.15) is 0 Å². The minimum absolute atomic E-state index is 0.0614. The Kier molecular flexibility index (Phi) is 5.28. The predicted octanol–water partition coefficient (Wildman–Crippen LogP) is -0.112. The van der Waals surface area contributed by atoms with Gasteiger partial charge in [0, 0.05) is 26.6 Å². The number of likely N-dealkylation sites (N-methyl/N-ethyl adjacent to an activating group) is 1. The van der Waals surface area contributed by atoms with E-state index in [4.69, 9.17) is 5.11 Å². The molecule has 0 atom stereocenters. The second kappa shape index (κ2) is 6.55. The Hall–Kier alpha value is -2.12. The number of nitrogens with one attached hydrogen (secondary N) is 1. The number of urea groups is 1. The summed E-state index contributed by atoms with van der Waals surface area (Å²) in [7, 11) is 1.65. The number of piperazine rings is 1. The Labute approximate surface area is 123 Å². The zero-order valence-electron chi connectivity index (χ0n) is 12.5. The number of carboxylic acids is 1. The molecule has 4 amide bonds. The summed E-state index contributed by atoms with van der Waals surface area (Å²) in [6, 6.07) is -0.618. The quantitative estimate of drug-likeness (QED) is 0.753. The average molecular weight is 299 g/mol. The highest BCUT2D eigenvalue weighted by molar-refractivity contribution is 5.96. The number of imide groups is 1. The van der Waals surface area contributed by atoms with Crippen molar-refractivity contribution in [3.05, 3.63) is 0 Å². The molecule has 0 unspecified atom stereocenters. The van der Waals surface area contributed by atoms with Crippen LogP contribution in [0.3, 0.4) is 0 Å². The molecule has 1 aliphatic rings. The van der Waals surface area contributed by atoms with Crippen molar-refractivity contribution < 1.29 is 24.3 Å². The summed E-state index contributed by atoms with van der Waals surface area (Å²) in [6.07, 6.45) is -0.242. The fourth-order valence-corrected chi connectivity index (χ4v) is 2.08. The molecule has 21 heavy (non-hydrogen) atoms. The van der Waals surface area contributed by atoms with E-state index in [-0.39, 0.29) is 25.3 Å². The fraction of sp³-hybridized carbons (Fsp3) is 0.692. The highest BCUT2D eigenvalue weighted by Gasteiger charge is 2.29. The minimum atomic E-state index is -0.996. The van der Waals surface area contributed by atoms with Gasteiger partial charge in [0.25, 0.3) is 0 Å². The Morgan fingerprint density at radius 1 is 1.24 bits per heavy atom. The van der Waals surface area contributed by atoms with Crippen LogP contribution in [0.4, 0.5) is 4.79 Å². The first-order chi connectivity index (χ1) is 9.60. The van der Waals surface area contributed by atoms with Crippen molar-refractivity contribution in [3.63, 3.8) is 0 Å². The van der Waals surface area contributed by atoms with Crippen LogP contribution in [0.25, 0.3) is 0 Å². The van der Waals surface area contributed by atoms with Crippen LogP contribution in [0.15, 0.2) is 0 Å². The largest absolute Gasteiger partial charge is 0.481 e. The maximum Gasteiger partial charge on any atom is 0.324 e. The van der Waals surface area contributed by atoms with Crippen molar-refractivity contribution in [1.29, 1.82) is 0 Å². The number of aliphatic carboxylic acids is 1. The molecular weight excluding hydrogens is 278 g/mol. The molecule has 1 rings (SSSR count). The van der Waals surface area contributed by atoms with Crippen molar-refractivity contribution in [1.82, 2.24) is 15.1 Å². The Balaban J connectivity index is 2.49. The Morgan fingerprint density at radius 2 is 1.86 bits per heavy atom. The van der Waals surface area contributed by atoms with E-state index in [0.717, 1.165) is 0 Å². The van der Waals surface area contributed by atoms with Gasteiger partial charge < -0.3 is 14.9 Å². The second-order valence-corrected chi connectivity index (χ2v) is 6.00. The molecule has 0 saturated carbocycles. The van der Waals surface area contributed by atoms with Gasteiger partial charge in [0.1, 0.15) is 6.54 Å². The van der Waals surface area contributed by atoms with E-state index in [9.17, 15) is 19.2 Å². The third kappa shape index (κ3) is 5.41. The third-order valence-electron chi connectivity index (χ3n) is 3.26. The van der Waals surface area contributed by atoms with E-state index >= 15 is 0 Å². The predicted molar refractivity (Wildman–Crippen MR) is 73.4 cm³/mol. The number of carbonyl (C=O) groups excluding carboxylic acids is 3. The van der Waals surface area contributed by atoms with Crippen LogP contribution in [-0.4, -0.2) is 65.4 Å². The maximum absolute atomic E-state index is 11.9. The molecule has 0 aromatic rings. The van der Waals surface area contributed by atoms with Gasteiger partial charge in [-0.1, -0.05) is 13.8 Å². The molecule has 0 bridgehead atoms. The van der Waals surface area contributed by atoms with E-state index in [1.807, 2.05) is 0 Å². The smallest absolute Gasteiger partial charge is 0.324 e. The van der Waals surface area contributed by atoms with Gasteiger partial charge in [0.05, 0.1) is 6.42 Å². The van der Waals surface area contributed by atoms with Crippen LogP contribution in [0, 0.1) is 5.41 Å². The summed E-state index contributed by atoms with van der Waals surface area (Å²) in [5.41, 5.74) is -0.742. The monoisotopic (exact) mass is 299 g/mol. The van der Waals surface area contributed by atoms with Crippen LogP contribution in [0.1, 0.15) is 26.7 Å². The standard InChI is InChI=1S/C13H21N3O5/c1-13(2,7-11(19)20)6-9(17)14-12(21)16-5-4-15(3)10(18)8-16/h4-8H2,1-3H3,(H,19,20)(H,14,17,21). The molecule has 1 aliphatic heterocycles. The van der Waals surface area contributed by atoms with Gasteiger partial charge in [0.2, 0.25) is 11.8 Å². The second-order valence-electron chi connectivity index (χ2n) is 6.00.